The smallest absolute Gasteiger partial charge is 0.250 e. The standard InChI is InChI=1S/C24H28N4O3/c1-15-5-7-22(26-12-15)20-11-18(20)14-31-24-21(13-25-17(3)27-24)19-6-8-23(29)28(16(19)2)9-10-30-4/h5-8,12-13,18,20H,9-11,14H2,1-4H3/t18-,20+/m1/s1. The Morgan fingerprint density at radius 1 is 1.06 bits per heavy atom. The van der Waals surface area contributed by atoms with Gasteiger partial charge in [-0.05, 0) is 44.9 Å². The van der Waals surface area contributed by atoms with Crippen LogP contribution in [-0.4, -0.2) is 39.8 Å². The molecule has 4 rings (SSSR count). The first-order valence-electron chi connectivity index (χ1n) is 10.6. The van der Waals surface area contributed by atoms with Crippen LogP contribution in [0.1, 0.15) is 35.1 Å². The molecule has 0 spiro atoms. The van der Waals surface area contributed by atoms with Crippen molar-refractivity contribution in [2.75, 3.05) is 20.3 Å². The first kappa shape index (κ1) is 21.2. The van der Waals surface area contributed by atoms with Gasteiger partial charge in [-0.2, -0.15) is 4.98 Å². The minimum Gasteiger partial charge on any atom is -0.477 e. The van der Waals surface area contributed by atoms with Crippen molar-refractivity contribution in [1.82, 2.24) is 19.5 Å². The quantitative estimate of drug-likeness (QED) is 0.555. The molecule has 162 valence electrons. The summed E-state index contributed by atoms with van der Waals surface area (Å²) in [6.45, 7) is 7.35. The summed E-state index contributed by atoms with van der Waals surface area (Å²) >= 11 is 0. The number of aromatic nitrogens is 4. The Balaban J connectivity index is 1.55. The van der Waals surface area contributed by atoms with E-state index in [-0.39, 0.29) is 5.56 Å². The van der Waals surface area contributed by atoms with Crippen LogP contribution in [0.15, 0.2) is 41.5 Å². The Labute approximate surface area is 182 Å². The molecule has 31 heavy (non-hydrogen) atoms. The van der Waals surface area contributed by atoms with Crippen LogP contribution in [0.4, 0.5) is 0 Å². The van der Waals surface area contributed by atoms with Gasteiger partial charge in [-0.15, -0.1) is 0 Å². The molecule has 3 aromatic rings. The highest BCUT2D eigenvalue weighted by atomic mass is 16.5. The molecule has 0 radical (unpaired) electrons. The zero-order chi connectivity index (χ0) is 22.0. The number of pyridine rings is 2. The van der Waals surface area contributed by atoms with Crippen LogP contribution >= 0.6 is 0 Å². The predicted molar refractivity (Wildman–Crippen MR) is 118 cm³/mol. The van der Waals surface area contributed by atoms with Crippen molar-refractivity contribution in [1.29, 1.82) is 0 Å². The van der Waals surface area contributed by atoms with Gasteiger partial charge in [-0.25, -0.2) is 4.98 Å². The summed E-state index contributed by atoms with van der Waals surface area (Å²) in [6.07, 6.45) is 4.76. The van der Waals surface area contributed by atoms with E-state index in [9.17, 15) is 4.79 Å². The molecule has 0 aliphatic heterocycles. The molecular formula is C24H28N4O3. The Morgan fingerprint density at radius 2 is 1.90 bits per heavy atom. The van der Waals surface area contributed by atoms with Crippen molar-refractivity contribution in [2.24, 2.45) is 5.92 Å². The summed E-state index contributed by atoms with van der Waals surface area (Å²) in [6, 6.07) is 7.60. The van der Waals surface area contributed by atoms with Crippen LogP contribution in [0.2, 0.25) is 0 Å². The number of aryl methyl sites for hydroxylation is 2. The highest BCUT2D eigenvalue weighted by Gasteiger charge is 2.40. The molecular weight excluding hydrogens is 392 g/mol. The van der Waals surface area contributed by atoms with Crippen molar-refractivity contribution >= 4 is 0 Å². The van der Waals surface area contributed by atoms with Gasteiger partial charge in [0, 0.05) is 60.9 Å². The van der Waals surface area contributed by atoms with E-state index >= 15 is 0 Å². The number of nitrogens with zero attached hydrogens (tertiary/aromatic N) is 4. The summed E-state index contributed by atoms with van der Waals surface area (Å²) < 4.78 is 13.0. The Bertz CT molecular complexity index is 1120. The lowest BCUT2D eigenvalue weighted by Crippen LogP contribution is -2.24. The van der Waals surface area contributed by atoms with Gasteiger partial charge >= 0.3 is 0 Å². The molecule has 1 saturated carbocycles. The van der Waals surface area contributed by atoms with Gasteiger partial charge in [0.05, 0.1) is 18.8 Å². The van der Waals surface area contributed by atoms with Crippen molar-refractivity contribution in [3.05, 3.63) is 69.8 Å². The van der Waals surface area contributed by atoms with Gasteiger partial charge in [0.1, 0.15) is 5.82 Å². The molecule has 0 amide bonds. The van der Waals surface area contributed by atoms with Gasteiger partial charge in [0.25, 0.3) is 5.56 Å². The van der Waals surface area contributed by atoms with Crippen LogP contribution in [-0.2, 0) is 11.3 Å². The number of ether oxygens (including phenoxy) is 2. The average Bonchev–Trinajstić information content (AvgIpc) is 3.53. The lowest BCUT2D eigenvalue weighted by molar-refractivity contribution is 0.185. The molecule has 1 aliphatic rings. The summed E-state index contributed by atoms with van der Waals surface area (Å²) in [4.78, 5) is 25.8. The van der Waals surface area contributed by atoms with Crippen molar-refractivity contribution in [3.8, 4) is 17.0 Å². The SMILES string of the molecule is COCCn1c(C)c(-c2cnc(C)nc2OC[C@H]2C[C@@H]2c2ccc(C)cn2)ccc1=O. The summed E-state index contributed by atoms with van der Waals surface area (Å²) in [5.74, 6) is 2.06. The third-order valence-corrected chi connectivity index (χ3v) is 5.81. The second-order valence-electron chi connectivity index (χ2n) is 8.12. The molecule has 2 atom stereocenters. The van der Waals surface area contributed by atoms with Gasteiger partial charge in [0.2, 0.25) is 5.88 Å². The van der Waals surface area contributed by atoms with Gasteiger partial charge < -0.3 is 14.0 Å². The average molecular weight is 421 g/mol. The third-order valence-electron chi connectivity index (χ3n) is 5.81. The second kappa shape index (κ2) is 8.98. The Morgan fingerprint density at radius 3 is 2.65 bits per heavy atom. The van der Waals surface area contributed by atoms with Crippen molar-refractivity contribution in [3.63, 3.8) is 0 Å². The summed E-state index contributed by atoms with van der Waals surface area (Å²) in [5.41, 5.74) is 4.76. The lowest BCUT2D eigenvalue weighted by atomic mass is 10.1. The van der Waals surface area contributed by atoms with Crippen molar-refractivity contribution in [2.45, 2.75) is 39.7 Å². The zero-order valence-electron chi connectivity index (χ0n) is 18.5. The molecule has 1 aliphatic carbocycles. The maximum atomic E-state index is 12.3. The highest BCUT2D eigenvalue weighted by Crippen LogP contribution is 2.47. The molecule has 1 fully saturated rings. The lowest BCUT2D eigenvalue weighted by Gasteiger charge is -2.16. The first-order valence-corrected chi connectivity index (χ1v) is 10.6. The molecule has 0 bridgehead atoms. The molecule has 0 aromatic carbocycles. The van der Waals surface area contributed by atoms with E-state index in [0.29, 0.717) is 43.3 Å². The highest BCUT2D eigenvalue weighted by molar-refractivity contribution is 5.69. The summed E-state index contributed by atoms with van der Waals surface area (Å²) in [7, 11) is 1.63. The van der Waals surface area contributed by atoms with Crippen LogP contribution in [0.3, 0.4) is 0 Å². The molecule has 7 nitrogen and oxygen atoms in total. The van der Waals surface area contributed by atoms with Crippen LogP contribution in [0.25, 0.3) is 11.1 Å². The largest absolute Gasteiger partial charge is 0.477 e. The fourth-order valence-corrected chi connectivity index (χ4v) is 3.84. The fourth-order valence-electron chi connectivity index (χ4n) is 3.84. The van der Waals surface area contributed by atoms with Crippen LogP contribution in [0.5, 0.6) is 5.88 Å². The molecule has 0 unspecified atom stereocenters. The minimum atomic E-state index is -0.0554. The molecule has 0 N–H and O–H groups in total. The monoisotopic (exact) mass is 420 g/mol. The zero-order valence-corrected chi connectivity index (χ0v) is 18.5. The third kappa shape index (κ3) is 4.66. The normalized spacial score (nSPS) is 17.5. The predicted octanol–water partition coefficient (Wildman–Crippen LogP) is 3.45. The maximum absolute atomic E-state index is 12.3. The maximum Gasteiger partial charge on any atom is 0.250 e. The second-order valence-corrected chi connectivity index (χ2v) is 8.12. The molecule has 7 heteroatoms. The van der Waals surface area contributed by atoms with E-state index in [2.05, 4.69) is 27.1 Å². The van der Waals surface area contributed by atoms with Gasteiger partial charge in [-0.3, -0.25) is 9.78 Å². The van der Waals surface area contributed by atoms with E-state index in [1.54, 1.807) is 23.9 Å². The Hall–Kier alpha value is -3.06. The minimum absolute atomic E-state index is 0.0554. The number of hydrogen-bond acceptors (Lipinski definition) is 6. The van der Waals surface area contributed by atoms with Crippen LogP contribution in [0, 0.1) is 26.7 Å². The molecule has 0 saturated heterocycles. The van der Waals surface area contributed by atoms with Crippen LogP contribution < -0.4 is 10.3 Å². The van der Waals surface area contributed by atoms with E-state index in [0.717, 1.165) is 28.9 Å². The topological polar surface area (TPSA) is 79.1 Å². The van der Waals surface area contributed by atoms with Gasteiger partial charge in [0.15, 0.2) is 0 Å². The van der Waals surface area contributed by atoms with E-state index in [1.165, 1.54) is 5.56 Å². The number of hydrogen-bond donors (Lipinski definition) is 0. The fraction of sp³-hybridized carbons (Fsp3) is 0.417. The number of methoxy groups -OCH3 is 1. The van der Waals surface area contributed by atoms with E-state index in [1.807, 2.05) is 33.0 Å². The van der Waals surface area contributed by atoms with Gasteiger partial charge in [-0.1, -0.05) is 6.07 Å². The molecule has 3 aromatic heterocycles. The first-order chi connectivity index (χ1) is 15.0. The van der Waals surface area contributed by atoms with Crippen molar-refractivity contribution < 1.29 is 9.47 Å². The van der Waals surface area contributed by atoms with E-state index in [4.69, 9.17) is 9.47 Å². The Kier molecular flexibility index (Phi) is 6.13. The molecule has 3 heterocycles. The number of rotatable bonds is 8. The van der Waals surface area contributed by atoms with E-state index < -0.39 is 0 Å². The summed E-state index contributed by atoms with van der Waals surface area (Å²) in [5, 5.41) is 0.